The van der Waals surface area contributed by atoms with Gasteiger partial charge in [-0.25, -0.2) is 0 Å². The maximum absolute atomic E-state index is 2.54. The third-order valence-corrected chi connectivity index (χ3v) is 14.3. The smallest absolute Gasteiger partial charge is 0.0683 e. The second kappa shape index (κ2) is 11.3. The Hall–Kier alpha value is -5.82. The Labute approximate surface area is 323 Å². The maximum atomic E-state index is 2.54. The molecule has 0 N–H and O–H groups in total. The normalized spacial score (nSPS) is 18.1. The average molecular weight is 731 g/mol. The van der Waals surface area contributed by atoms with Crippen molar-refractivity contribution < 1.29 is 0 Å². The van der Waals surface area contributed by atoms with Crippen LogP contribution in [-0.2, 0) is 0 Å². The number of anilines is 9. The lowest BCUT2D eigenvalue weighted by molar-refractivity contribution is 0.778. The molecule has 1 aliphatic carbocycles. The van der Waals surface area contributed by atoms with Crippen LogP contribution in [0.1, 0.15) is 0 Å². The molecular formula is C48H34N4S2. The molecule has 4 nitrogen and oxygen atoms in total. The maximum Gasteiger partial charge on any atom is 0.0683 e. The van der Waals surface area contributed by atoms with Crippen LogP contribution in [0.4, 0.5) is 51.2 Å². The van der Waals surface area contributed by atoms with Gasteiger partial charge in [0.2, 0.25) is 0 Å². The van der Waals surface area contributed by atoms with Gasteiger partial charge in [-0.15, -0.1) is 11.8 Å². The molecule has 0 saturated heterocycles. The van der Waals surface area contributed by atoms with Crippen LogP contribution in [0.3, 0.4) is 0 Å². The topological polar surface area (TPSA) is 13.0 Å². The van der Waals surface area contributed by atoms with E-state index in [9.17, 15) is 0 Å². The van der Waals surface area contributed by atoms with Crippen LogP contribution in [0.25, 0.3) is 33.0 Å². The zero-order valence-electron chi connectivity index (χ0n) is 29.8. The molecule has 4 heterocycles. The van der Waals surface area contributed by atoms with Crippen molar-refractivity contribution >= 4 is 85.5 Å². The second-order valence-electron chi connectivity index (χ2n) is 14.6. The van der Waals surface area contributed by atoms with Crippen LogP contribution in [0.2, 0.25) is 0 Å². The Balaban J connectivity index is 0.990. The number of thioether (sulfide) groups is 1. The molecule has 0 spiro atoms. The Morgan fingerprint density at radius 1 is 0.444 bits per heavy atom. The van der Waals surface area contributed by atoms with Gasteiger partial charge in [0.15, 0.2) is 0 Å². The molecule has 0 bridgehead atoms. The first-order valence-electron chi connectivity index (χ1n) is 18.5. The number of hydrogen-bond donors (Lipinski definition) is 0. The Morgan fingerprint density at radius 3 is 1.61 bits per heavy atom. The highest BCUT2D eigenvalue weighted by atomic mass is 32.2. The summed E-state index contributed by atoms with van der Waals surface area (Å²) in [5.41, 5.74) is 16.2. The molecule has 0 amide bonds. The molecule has 7 aromatic carbocycles. The van der Waals surface area contributed by atoms with E-state index in [0.29, 0.717) is 5.25 Å². The van der Waals surface area contributed by atoms with Crippen LogP contribution in [0.5, 0.6) is 0 Å². The van der Waals surface area contributed by atoms with Crippen LogP contribution in [0, 0.1) is 0 Å². The summed E-state index contributed by atoms with van der Waals surface area (Å²) in [6.07, 6.45) is 9.09. The number of benzene rings is 7. The van der Waals surface area contributed by atoms with Crippen LogP contribution in [0.15, 0.2) is 172 Å². The van der Waals surface area contributed by atoms with Gasteiger partial charge in [0.1, 0.15) is 0 Å². The van der Waals surface area contributed by atoms with Crippen molar-refractivity contribution in [3.05, 3.63) is 158 Å². The highest BCUT2D eigenvalue weighted by Gasteiger charge is 2.36. The van der Waals surface area contributed by atoms with E-state index in [0.717, 1.165) is 0 Å². The van der Waals surface area contributed by atoms with E-state index >= 15 is 0 Å². The molecule has 0 fully saturated rings. The molecule has 0 radical (unpaired) electrons. The van der Waals surface area contributed by atoms with Gasteiger partial charge in [0, 0.05) is 73.4 Å². The summed E-state index contributed by atoms with van der Waals surface area (Å²) >= 11 is 3.81. The molecule has 2 atom stereocenters. The van der Waals surface area contributed by atoms with Gasteiger partial charge in [-0.2, -0.15) is 0 Å². The van der Waals surface area contributed by atoms with Crippen molar-refractivity contribution in [3.8, 4) is 22.3 Å². The molecule has 4 aliphatic heterocycles. The minimum absolute atomic E-state index is 0.259. The van der Waals surface area contributed by atoms with Crippen molar-refractivity contribution in [1.29, 1.82) is 0 Å². The summed E-state index contributed by atoms with van der Waals surface area (Å²) in [4.78, 5) is 13.7. The zero-order valence-corrected chi connectivity index (χ0v) is 31.4. The fraction of sp³-hybridized carbons (Fsp3) is 0.0833. The quantitative estimate of drug-likeness (QED) is 0.174. The summed E-state index contributed by atoms with van der Waals surface area (Å²) in [6, 6.07) is 50.1. The fourth-order valence-corrected chi connectivity index (χ4v) is 11.7. The minimum atomic E-state index is 0.259. The number of hydrogen-bond acceptors (Lipinski definition) is 6. The third-order valence-electron chi connectivity index (χ3n) is 11.8. The van der Waals surface area contributed by atoms with E-state index in [4.69, 9.17) is 0 Å². The number of allylic oxidation sites excluding steroid dienone is 2. The van der Waals surface area contributed by atoms with E-state index in [-0.39, 0.29) is 6.04 Å². The Kier molecular flexibility index (Phi) is 6.43. The van der Waals surface area contributed by atoms with Gasteiger partial charge in [0.05, 0.1) is 39.7 Å². The molecule has 7 aromatic rings. The molecule has 6 heteroatoms. The second-order valence-corrected chi connectivity index (χ2v) is 16.9. The molecular weight excluding hydrogens is 697 g/mol. The van der Waals surface area contributed by atoms with E-state index in [1.54, 1.807) is 0 Å². The summed E-state index contributed by atoms with van der Waals surface area (Å²) < 4.78 is 0. The molecule has 12 rings (SSSR count). The van der Waals surface area contributed by atoms with Gasteiger partial charge in [-0.05, 0) is 83.9 Å². The number of fused-ring (bicyclic) bond motifs is 8. The first-order valence-corrected chi connectivity index (χ1v) is 20.2. The number of rotatable bonds is 2. The first-order chi connectivity index (χ1) is 26.6. The lowest BCUT2D eigenvalue weighted by Gasteiger charge is -2.42. The number of para-hydroxylation sites is 3. The predicted molar refractivity (Wildman–Crippen MR) is 230 cm³/mol. The lowest BCUT2D eigenvalue weighted by Crippen LogP contribution is -2.41. The monoisotopic (exact) mass is 730 g/mol. The van der Waals surface area contributed by atoms with Gasteiger partial charge in [-0.1, -0.05) is 96.7 Å². The van der Waals surface area contributed by atoms with E-state index in [1.165, 1.54) is 98.9 Å². The van der Waals surface area contributed by atoms with Gasteiger partial charge in [-0.3, -0.25) is 0 Å². The van der Waals surface area contributed by atoms with Gasteiger partial charge >= 0.3 is 0 Å². The summed E-state index contributed by atoms with van der Waals surface area (Å²) in [6.45, 7) is 0. The summed E-state index contributed by atoms with van der Waals surface area (Å²) in [7, 11) is 4.47. The molecule has 54 heavy (non-hydrogen) atoms. The largest absolute Gasteiger partial charge is 0.344 e. The predicted octanol–water partition coefficient (Wildman–Crippen LogP) is 13.4. The summed E-state index contributed by atoms with van der Waals surface area (Å²) in [5, 5.41) is 3.02. The molecule has 258 valence electrons. The summed E-state index contributed by atoms with van der Waals surface area (Å²) in [5.74, 6) is 0. The molecule has 0 aromatic heterocycles. The first kappa shape index (κ1) is 30.6. The van der Waals surface area contributed by atoms with Gasteiger partial charge in [0.25, 0.3) is 0 Å². The minimum Gasteiger partial charge on any atom is -0.344 e. The van der Waals surface area contributed by atoms with Crippen LogP contribution < -0.4 is 19.6 Å². The van der Waals surface area contributed by atoms with Crippen LogP contribution in [-0.4, -0.2) is 25.4 Å². The fourth-order valence-electron chi connectivity index (χ4n) is 9.34. The van der Waals surface area contributed by atoms with Crippen molar-refractivity contribution in [2.45, 2.75) is 26.0 Å². The zero-order chi connectivity index (χ0) is 35.7. The van der Waals surface area contributed by atoms with Crippen molar-refractivity contribution in [1.82, 2.24) is 0 Å². The average Bonchev–Trinajstić information content (AvgIpc) is 3.22. The van der Waals surface area contributed by atoms with E-state index in [2.05, 4.69) is 191 Å². The lowest BCUT2D eigenvalue weighted by atomic mass is 9.84. The Bertz CT molecular complexity index is 2780. The van der Waals surface area contributed by atoms with Crippen molar-refractivity contribution in [3.63, 3.8) is 0 Å². The molecule has 5 aliphatic rings. The van der Waals surface area contributed by atoms with E-state index < -0.39 is 0 Å². The number of nitrogens with zero attached hydrogens (tertiary/aromatic N) is 4. The van der Waals surface area contributed by atoms with Crippen molar-refractivity contribution in [2.75, 3.05) is 33.7 Å². The molecule has 2 unspecified atom stereocenters. The molecule has 0 saturated carbocycles. The highest BCUT2D eigenvalue weighted by Crippen LogP contribution is 2.58. The van der Waals surface area contributed by atoms with E-state index in [1.807, 2.05) is 23.5 Å². The van der Waals surface area contributed by atoms with Crippen molar-refractivity contribution in [2.24, 2.45) is 0 Å². The van der Waals surface area contributed by atoms with Crippen LogP contribution >= 0.6 is 23.5 Å². The Morgan fingerprint density at radius 2 is 0.963 bits per heavy atom. The SMILES string of the molecule is CN1c2cc(N3c4ccccc4Sc4ccccc43)ccc2-c2ccc3c4c(ccc1c24)N(C)c1cc(N2c4ccccc4SC4C=CC=CC42)ccc1-3. The standard InChI is InChI=1S/C48H34N4S2/c1-49-39-25-26-40-48-34(32-22-20-30(28-42(32)50(40)2)52-37-13-5-9-17-45(37)54-46-18-10-6-14-38(46)52)24-23-33(47(39)48)31-21-19-29(27-41(31)49)51-35-11-3-7-15-43(35)53-44-16-8-4-12-36(44)51/h3-28,35,43H,1-2H3. The highest BCUT2D eigenvalue weighted by molar-refractivity contribution is 8.00. The van der Waals surface area contributed by atoms with Gasteiger partial charge < -0.3 is 19.6 Å². The third kappa shape index (κ3) is 4.18.